The summed E-state index contributed by atoms with van der Waals surface area (Å²) in [5, 5.41) is 0. The number of nitrogens with zero attached hydrogens (tertiary/aromatic N) is 1. The smallest absolute Gasteiger partial charge is 0.204 e. The largest absolute Gasteiger partial charge is 0.372 e. The highest BCUT2D eigenvalue weighted by Gasteiger charge is 2.26. The molecule has 2 atom stereocenters. The van der Waals surface area contributed by atoms with Gasteiger partial charge >= 0.3 is 0 Å². The first-order chi connectivity index (χ1) is 19.4. The number of hydrogen-bond acceptors (Lipinski definition) is 4. The lowest BCUT2D eigenvalue weighted by atomic mass is 9.84. The van der Waals surface area contributed by atoms with E-state index in [0.29, 0.717) is 6.42 Å². The summed E-state index contributed by atoms with van der Waals surface area (Å²) in [5.41, 5.74) is 13.6. The number of primary amides is 1. The summed E-state index contributed by atoms with van der Waals surface area (Å²) in [6.45, 7) is 23.7. The minimum absolute atomic E-state index is 0.0464. The summed E-state index contributed by atoms with van der Waals surface area (Å²) in [4.78, 5) is 23.4. The number of nitrogens with two attached hydrogens (primary N) is 2. The van der Waals surface area contributed by atoms with Crippen LogP contribution in [0.15, 0.2) is 91.3 Å². The third-order valence-corrected chi connectivity index (χ3v) is 6.17. The molecular weight excluding hydrogens is 513 g/mol. The van der Waals surface area contributed by atoms with Crippen LogP contribution < -0.4 is 11.5 Å². The lowest BCUT2D eigenvalue weighted by Crippen LogP contribution is -2.42. The second kappa shape index (κ2) is 22.2. The molecule has 5 nitrogen and oxygen atoms in total. The molecule has 0 fully saturated rings. The quantitative estimate of drug-likeness (QED) is 0.188. The van der Waals surface area contributed by atoms with E-state index in [9.17, 15) is 9.18 Å². The van der Waals surface area contributed by atoms with E-state index in [1.807, 2.05) is 63.9 Å². The fourth-order valence-corrected chi connectivity index (χ4v) is 4.10. The molecule has 1 amide bonds. The number of ketones is 1. The van der Waals surface area contributed by atoms with Crippen LogP contribution in [0, 0.1) is 11.7 Å². The van der Waals surface area contributed by atoms with E-state index in [4.69, 9.17) is 10.5 Å². The van der Waals surface area contributed by atoms with Gasteiger partial charge in [0.2, 0.25) is 6.41 Å². The predicted molar refractivity (Wildman–Crippen MR) is 173 cm³/mol. The van der Waals surface area contributed by atoms with E-state index in [1.54, 1.807) is 32.2 Å². The van der Waals surface area contributed by atoms with E-state index in [2.05, 4.69) is 37.9 Å². The molecule has 0 spiro atoms. The average Bonchev–Trinajstić information content (AvgIpc) is 2.95. The zero-order valence-corrected chi connectivity index (χ0v) is 26.6. The molecule has 228 valence electrons. The van der Waals surface area contributed by atoms with Crippen molar-refractivity contribution in [2.75, 3.05) is 0 Å². The third-order valence-electron chi connectivity index (χ3n) is 6.17. The van der Waals surface area contributed by atoms with Crippen LogP contribution in [0.25, 0.3) is 0 Å². The van der Waals surface area contributed by atoms with Crippen molar-refractivity contribution < 1.29 is 14.0 Å². The molecule has 0 bridgehead atoms. The number of halogens is 1. The number of benzene rings is 2. The normalized spacial score (nSPS) is 12.0. The second-order valence-corrected chi connectivity index (χ2v) is 9.86. The topological polar surface area (TPSA) is 89.4 Å². The Morgan fingerprint density at radius 2 is 1.54 bits per heavy atom. The highest BCUT2D eigenvalue weighted by molar-refractivity contribution is 5.87. The number of allylic oxidation sites excluding steroid dienone is 1. The van der Waals surface area contributed by atoms with Crippen molar-refractivity contribution in [3.63, 3.8) is 0 Å². The molecule has 0 aliphatic heterocycles. The molecule has 0 saturated carbocycles. The van der Waals surface area contributed by atoms with Crippen LogP contribution in [-0.2, 0) is 16.0 Å². The predicted octanol–water partition coefficient (Wildman–Crippen LogP) is 8.28. The minimum Gasteiger partial charge on any atom is -0.372 e. The van der Waals surface area contributed by atoms with Crippen molar-refractivity contribution in [1.29, 1.82) is 0 Å². The maximum absolute atomic E-state index is 13.5. The molecule has 0 aliphatic carbocycles. The molecular formula is C35H54FN3O2. The molecule has 2 rings (SSSR count). The summed E-state index contributed by atoms with van der Waals surface area (Å²) in [6, 6.07) is 16.6. The van der Waals surface area contributed by atoms with Crippen LogP contribution in [0.4, 0.5) is 4.39 Å². The van der Waals surface area contributed by atoms with Crippen molar-refractivity contribution in [3.8, 4) is 0 Å². The summed E-state index contributed by atoms with van der Waals surface area (Å²) >= 11 is 0. The average molecular weight is 568 g/mol. The Balaban J connectivity index is 0. The van der Waals surface area contributed by atoms with Gasteiger partial charge in [0, 0.05) is 12.6 Å². The number of rotatable bonds is 13. The van der Waals surface area contributed by atoms with Gasteiger partial charge in [0.15, 0.2) is 5.78 Å². The highest BCUT2D eigenvalue weighted by atomic mass is 19.1. The van der Waals surface area contributed by atoms with Gasteiger partial charge in [-0.3, -0.25) is 9.59 Å². The van der Waals surface area contributed by atoms with Gasteiger partial charge in [-0.25, -0.2) is 4.39 Å². The Bertz CT molecular complexity index is 1040. The molecule has 41 heavy (non-hydrogen) atoms. The van der Waals surface area contributed by atoms with Gasteiger partial charge in [-0.15, -0.1) is 0 Å². The fourth-order valence-electron chi connectivity index (χ4n) is 4.10. The molecule has 4 N–H and O–H groups in total. The number of carbonyl (C=O) groups is 2. The maximum atomic E-state index is 13.5. The number of aryl methyl sites for hydroxylation is 1. The number of hydrogen-bond donors (Lipinski definition) is 2. The third kappa shape index (κ3) is 15.8. The lowest BCUT2D eigenvalue weighted by Gasteiger charge is -2.31. The molecule has 2 unspecified atom stereocenters. The fraction of sp³-hybridized carbons (Fsp3) is 0.429. The summed E-state index contributed by atoms with van der Waals surface area (Å²) in [5.74, 6) is -0.173. The Morgan fingerprint density at radius 3 is 1.98 bits per heavy atom. The maximum Gasteiger partial charge on any atom is 0.204 e. The van der Waals surface area contributed by atoms with Crippen LogP contribution >= 0.6 is 0 Å². The van der Waals surface area contributed by atoms with Crippen molar-refractivity contribution >= 4 is 12.2 Å². The number of Topliss-reactive ketones (excluding diaryl/α,β-unsaturated/α-hetero) is 1. The van der Waals surface area contributed by atoms with Gasteiger partial charge in [0.05, 0.1) is 11.6 Å². The van der Waals surface area contributed by atoms with Crippen molar-refractivity contribution in [2.45, 2.75) is 92.7 Å². The molecule has 0 heterocycles. The van der Waals surface area contributed by atoms with Gasteiger partial charge < -0.3 is 16.4 Å². The Morgan fingerprint density at radius 1 is 1.02 bits per heavy atom. The van der Waals surface area contributed by atoms with Crippen LogP contribution in [0.3, 0.4) is 0 Å². The van der Waals surface area contributed by atoms with Crippen molar-refractivity contribution in [1.82, 2.24) is 4.90 Å². The van der Waals surface area contributed by atoms with Gasteiger partial charge in [0.25, 0.3) is 0 Å². The molecule has 0 saturated heterocycles. The second-order valence-electron chi connectivity index (χ2n) is 9.86. The molecule has 0 aromatic heterocycles. The van der Waals surface area contributed by atoms with Gasteiger partial charge in [0.1, 0.15) is 5.82 Å². The standard InChI is InChI=1S/C30H39FN2O.2C2H6.CH3NO/c1-7-33(29(22(2)3)25-16-18-27(31)19-17-25)21-23(4)26(20-28(34)30(5,6)32)15-11-14-24-12-9-8-10-13-24;2*1-2;2-1-3/h7-10,12-13,16-19,21,26,29H,1-2,11,14-15,20,32H2,3-6H3;2*1-2H3;1H,(H2,2,3)/b23-21+;;;. The van der Waals surface area contributed by atoms with E-state index >= 15 is 0 Å². The zero-order chi connectivity index (χ0) is 32.0. The summed E-state index contributed by atoms with van der Waals surface area (Å²) in [6.07, 6.45) is 7.23. The summed E-state index contributed by atoms with van der Waals surface area (Å²) in [7, 11) is 0. The van der Waals surface area contributed by atoms with Gasteiger partial charge in [-0.1, -0.05) is 94.5 Å². The van der Waals surface area contributed by atoms with E-state index < -0.39 is 5.54 Å². The van der Waals surface area contributed by atoms with Crippen molar-refractivity contribution in [2.24, 2.45) is 17.4 Å². The minimum atomic E-state index is -0.871. The van der Waals surface area contributed by atoms with E-state index in [-0.39, 0.29) is 30.0 Å². The van der Waals surface area contributed by atoms with Crippen LogP contribution in [0.5, 0.6) is 0 Å². The zero-order valence-electron chi connectivity index (χ0n) is 26.6. The van der Waals surface area contributed by atoms with Gasteiger partial charge in [-0.05, 0) is 82.3 Å². The first kappa shape index (κ1) is 39.6. The Kier molecular flexibility index (Phi) is 21.5. The van der Waals surface area contributed by atoms with Gasteiger partial charge in [-0.2, -0.15) is 0 Å². The van der Waals surface area contributed by atoms with Crippen LogP contribution in [0.2, 0.25) is 0 Å². The van der Waals surface area contributed by atoms with Crippen molar-refractivity contribution in [3.05, 3.63) is 108 Å². The lowest BCUT2D eigenvalue weighted by molar-refractivity contribution is -0.123. The Hall–Kier alpha value is -3.51. The van der Waals surface area contributed by atoms with Crippen LogP contribution in [0.1, 0.15) is 91.8 Å². The van der Waals surface area contributed by atoms with Crippen LogP contribution in [-0.4, -0.2) is 22.6 Å². The molecule has 0 aliphatic rings. The monoisotopic (exact) mass is 567 g/mol. The molecule has 6 heteroatoms. The Labute approximate surface area is 249 Å². The van der Waals surface area contributed by atoms with E-state index in [1.165, 1.54) is 17.7 Å². The SMILES string of the molecule is C=CN(/C=C(\C)C(CCCc1ccccc1)CC(=O)C(C)(C)N)C(C(=C)C)c1ccc(F)cc1.CC.CC.NC=O. The summed E-state index contributed by atoms with van der Waals surface area (Å²) < 4.78 is 13.5. The van der Waals surface area contributed by atoms with E-state index in [0.717, 1.165) is 36.0 Å². The first-order valence-electron chi connectivity index (χ1n) is 14.4. The molecule has 2 aromatic rings. The first-order valence-corrected chi connectivity index (χ1v) is 14.4. The molecule has 2 aromatic carbocycles. The molecule has 0 radical (unpaired) electrons. The number of amides is 1. The number of carbonyl (C=O) groups excluding carboxylic acids is 2. The highest BCUT2D eigenvalue weighted by Crippen LogP contribution is 2.31.